The topological polar surface area (TPSA) is 128 Å². The summed E-state index contributed by atoms with van der Waals surface area (Å²) in [6.45, 7) is 3.67. The minimum absolute atomic E-state index is 0.127. The third-order valence-corrected chi connectivity index (χ3v) is 8.79. The Bertz CT molecular complexity index is 1740. The van der Waals surface area contributed by atoms with E-state index in [4.69, 9.17) is 26.4 Å². The molecule has 3 aliphatic heterocycles. The highest BCUT2D eigenvalue weighted by Gasteiger charge is 2.38. The molecule has 2 aromatic carbocycles. The van der Waals surface area contributed by atoms with Gasteiger partial charge in [-0.3, -0.25) is 9.89 Å². The maximum absolute atomic E-state index is 14.6. The van der Waals surface area contributed by atoms with Gasteiger partial charge >= 0.3 is 18.0 Å². The van der Waals surface area contributed by atoms with Gasteiger partial charge in [-0.05, 0) is 30.7 Å². The van der Waals surface area contributed by atoms with Crippen LogP contribution in [-0.2, 0) is 16.1 Å². The van der Waals surface area contributed by atoms with E-state index in [1.807, 2.05) is 11.1 Å². The van der Waals surface area contributed by atoms with Crippen molar-refractivity contribution in [3.8, 4) is 0 Å². The number of amides is 2. The van der Waals surface area contributed by atoms with Crippen LogP contribution in [0.5, 0.6) is 0 Å². The SMILES string of the molecule is CCOC(=O)C1=C(CN2C=C3CN(Cc4ccc(C(=O)O)cc4)C(=O)N3CC2)NC(c2nccs2)=NC1c1cccc(F)c1Cl. The fourth-order valence-electron chi connectivity index (χ4n) is 5.50. The predicted molar refractivity (Wildman–Crippen MR) is 165 cm³/mol. The van der Waals surface area contributed by atoms with Gasteiger partial charge in [0.15, 0.2) is 10.8 Å². The number of carboxylic acid groups (broad SMARTS) is 1. The number of carboxylic acids is 1. The summed E-state index contributed by atoms with van der Waals surface area (Å²) in [5.41, 5.74) is 2.83. The Hall–Kier alpha value is -4.75. The van der Waals surface area contributed by atoms with Crippen molar-refractivity contribution in [3.05, 3.63) is 110 Å². The van der Waals surface area contributed by atoms with E-state index in [0.29, 0.717) is 48.3 Å². The molecular formula is C31H28ClFN6O5S. The summed E-state index contributed by atoms with van der Waals surface area (Å²) >= 11 is 7.78. The lowest BCUT2D eigenvalue weighted by Crippen LogP contribution is -2.43. The van der Waals surface area contributed by atoms with Crippen LogP contribution in [0.15, 0.2) is 82.2 Å². The molecule has 4 heterocycles. The number of carbonyl (C=O) groups is 3. The van der Waals surface area contributed by atoms with Gasteiger partial charge in [-0.15, -0.1) is 11.3 Å². The molecule has 1 aromatic heterocycles. The summed E-state index contributed by atoms with van der Waals surface area (Å²) in [4.78, 5) is 52.4. The predicted octanol–water partition coefficient (Wildman–Crippen LogP) is 4.64. The van der Waals surface area contributed by atoms with Gasteiger partial charge in [0.1, 0.15) is 11.9 Å². The van der Waals surface area contributed by atoms with E-state index in [1.165, 1.54) is 35.6 Å². The number of nitrogens with one attached hydrogen (secondary N) is 1. The van der Waals surface area contributed by atoms with Gasteiger partial charge in [0.25, 0.3) is 0 Å². The number of aromatic carboxylic acids is 1. The quantitative estimate of drug-likeness (QED) is 0.321. The zero-order valence-electron chi connectivity index (χ0n) is 24.1. The van der Waals surface area contributed by atoms with Gasteiger partial charge < -0.3 is 25.0 Å². The first-order chi connectivity index (χ1) is 21.7. The van der Waals surface area contributed by atoms with Crippen LogP contribution in [0, 0.1) is 5.82 Å². The molecule has 2 N–H and O–H groups in total. The van der Waals surface area contributed by atoms with E-state index in [0.717, 1.165) is 11.3 Å². The average molecular weight is 651 g/mol. The van der Waals surface area contributed by atoms with E-state index < -0.39 is 23.8 Å². The fraction of sp³-hybridized carbons (Fsp3) is 0.258. The Morgan fingerprint density at radius 3 is 2.69 bits per heavy atom. The highest BCUT2D eigenvalue weighted by Crippen LogP contribution is 2.38. The minimum Gasteiger partial charge on any atom is -0.478 e. The maximum atomic E-state index is 14.6. The molecular weight excluding hydrogens is 623 g/mol. The van der Waals surface area contributed by atoms with Gasteiger partial charge in [0.2, 0.25) is 0 Å². The van der Waals surface area contributed by atoms with Crippen molar-refractivity contribution in [1.82, 2.24) is 25.0 Å². The summed E-state index contributed by atoms with van der Waals surface area (Å²) in [5, 5.41) is 14.7. The second-order valence-electron chi connectivity index (χ2n) is 10.5. The molecule has 3 aliphatic rings. The summed E-state index contributed by atoms with van der Waals surface area (Å²) in [6, 6.07) is 9.76. The number of carbonyl (C=O) groups excluding carboxylic acids is 2. The lowest BCUT2D eigenvalue weighted by atomic mass is 9.95. The van der Waals surface area contributed by atoms with Crippen LogP contribution in [0.25, 0.3) is 0 Å². The van der Waals surface area contributed by atoms with Crippen molar-refractivity contribution >= 4 is 46.7 Å². The molecule has 11 nitrogen and oxygen atoms in total. The Morgan fingerprint density at radius 2 is 1.98 bits per heavy atom. The van der Waals surface area contributed by atoms with E-state index >= 15 is 0 Å². The van der Waals surface area contributed by atoms with Gasteiger partial charge in [0, 0.05) is 48.7 Å². The first kappa shape index (κ1) is 30.3. The van der Waals surface area contributed by atoms with Crippen LogP contribution in [0.1, 0.15) is 39.5 Å². The zero-order valence-corrected chi connectivity index (χ0v) is 25.6. The molecule has 232 valence electrons. The molecule has 0 saturated carbocycles. The summed E-state index contributed by atoms with van der Waals surface area (Å²) in [7, 11) is 0. The van der Waals surface area contributed by atoms with E-state index in [2.05, 4.69) is 10.3 Å². The number of benzene rings is 2. The molecule has 2 amide bonds. The van der Waals surface area contributed by atoms with Crippen molar-refractivity contribution in [2.75, 3.05) is 32.8 Å². The third kappa shape index (κ3) is 6.13. The van der Waals surface area contributed by atoms with Crippen molar-refractivity contribution in [1.29, 1.82) is 0 Å². The fourth-order valence-corrected chi connectivity index (χ4v) is 6.31. The first-order valence-corrected chi connectivity index (χ1v) is 15.4. The second-order valence-corrected chi connectivity index (χ2v) is 11.8. The van der Waals surface area contributed by atoms with Gasteiger partial charge in [-0.2, -0.15) is 0 Å². The Kier molecular flexibility index (Phi) is 8.55. The number of aromatic nitrogens is 1. The second kappa shape index (κ2) is 12.7. The number of hydrogen-bond acceptors (Lipinski definition) is 9. The number of amidine groups is 1. The van der Waals surface area contributed by atoms with Crippen LogP contribution in [-0.4, -0.2) is 81.4 Å². The van der Waals surface area contributed by atoms with Crippen molar-refractivity contribution < 1.29 is 28.6 Å². The highest BCUT2D eigenvalue weighted by atomic mass is 35.5. The number of ether oxygens (including phenoxy) is 1. The summed E-state index contributed by atoms with van der Waals surface area (Å²) in [5.74, 6) is -1.82. The molecule has 0 radical (unpaired) electrons. The Balaban J connectivity index is 1.30. The van der Waals surface area contributed by atoms with Crippen LogP contribution in [0.2, 0.25) is 5.02 Å². The number of rotatable bonds is 9. The number of hydrogen-bond donors (Lipinski definition) is 2. The first-order valence-electron chi connectivity index (χ1n) is 14.2. The number of fused-ring (bicyclic) bond motifs is 1. The molecule has 0 aliphatic carbocycles. The third-order valence-electron chi connectivity index (χ3n) is 7.61. The molecule has 1 atom stereocenters. The van der Waals surface area contributed by atoms with Crippen molar-refractivity contribution in [3.63, 3.8) is 0 Å². The normalized spacial score (nSPS) is 18.0. The Morgan fingerprint density at radius 1 is 1.18 bits per heavy atom. The molecule has 0 spiro atoms. The molecule has 6 rings (SSSR count). The molecule has 45 heavy (non-hydrogen) atoms. The highest BCUT2D eigenvalue weighted by molar-refractivity contribution is 7.11. The van der Waals surface area contributed by atoms with Crippen LogP contribution < -0.4 is 5.32 Å². The standard InChI is InChI=1S/C31H28ClFN6O5S/c1-2-44-30(42)24-23(35-27(28-34-10-13-45-28)36-26(24)21-4-3-5-22(33)25(21)32)17-37-11-12-39-20(15-37)16-38(31(39)43)14-18-6-8-19(9-7-18)29(40)41/h3-10,13,15,26H,2,11-12,14,16-17H2,1H3,(H,35,36)(H,40,41). The molecule has 14 heteroatoms. The van der Waals surface area contributed by atoms with Crippen molar-refractivity contribution in [2.24, 2.45) is 4.99 Å². The summed E-state index contributed by atoms with van der Waals surface area (Å²) in [6.07, 6.45) is 3.54. The molecule has 0 bridgehead atoms. The van der Waals surface area contributed by atoms with Crippen LogP contribution in [0.4, 0.5) is 9.18 Å². The van der Waals surface area contributed by atoms with E-state index in [1.54, 1.807) is 46.5 Å². The van der Waals surface area contributed by atoms with Crippen LogP contribution >= 0.6 is 22.9 Å². The number of nitrogens with zero attached hydrogens (tertiary/aromatic N) is 5. The number of aliphatic imine (C=N–C) groups is 1. The largest absolute Gasteiger partial charge is 0.478 e. The summed E-state index contributed by atoms with van der Waals surface area (Å²) < 4.78 is 20.1. The monoisotopic (exact) mass is 650 g/mol. The smallest absolute Gasteiger partial charge is 0.338 e. The number of esters is 1. The molecule has 1 unspecified atom stereocenters. The Labute approximate surface area is 266 Å². The van der Waals surface area contributed by atoms with Gasteiger partial charge in [-0.25, -0.2) is 23.8 Å². The van der Waals surface area contributed by atoms with Crippen molar-refractivity contribution in [2.45, 2.75) is 19.5 Å². The lowest BCUT2D eigenvalue weighted by Gasteiger charge is -2.34. The number of urea groups is 1. The average Bonchev–Trinajstić information content (AvgIpc) is 3.67. The minimum atomic E-state index is -1.01. The van der Waals surface area contributed by atoms with E-state index in [9.17, 15) is 18.8 Å². The lowest BCUT2D eigenvalue weighted by molar-refractivity contribution is -0.139. The van der Waals surface area contributed by atoms with E-state index in [-0.39, 0.29) is 35.3 Å². The van der Waals surface area contributed by atoms with Gasteiger partial charge in [0.05, 0.1) is 41.6 Å². The number of thiazole rings is 1. The zero-order chi connectivity index (χ0) is 31.7. The molecule has 1 saturated heterocycles. The molecule has 1 fully saturated rings. The molecule has 3 aromatic rings. The number of halogens is 2. The maximum Gasteiger partial charge on any atom is 0.338 e. The van der Waals surface area contributed by atoms with Crippen LogP contribution in [0.3, 0.4) is 0 Å². The van der Waals surface area contributed by atoms with Gasteiger partial charge in [-0.1, -0.05) is 35.9 Å².